The molecule has 2 heterocycles. The number of nitrogens with zero attached hydrogens (tertiary/aromatic N) is 2. The van der Waals surface area contributed by atoms with Crippen LogP contribution < -0.4 is 5.32 Å². The molecule has 5 rings (SSSR count). The third kappa shape index (κ3) is 8.71. The molecule has 0 aliphatic carbocycles. The summed E-state index contributed by atoms with van der Waals surface area (Å²) in [5.41, 5.74) is -1.89. The van der Waals surface area contributed by atoms with Crippen LogP contribution in [-0.2, 0) is 48.3 Å². The van der Waals surface area contributed by atoms with Gasteiger partial charge >= 0.3 is 18.1 Å². The number of anilines is 1. The zero-order valence-electron chi connectivity index (χ0n) is 30.2. The number of nitrogens with one attached hydrogen (secondary N) is 1. The number of nitro benzene ring substituents is 1. The fourth-order valence-corrected chi connectivity index (χ4v) is 9.89. The van der Waals surface area contributed by atoms with Gasteiger partial charge in [-0.3, -0.25) is 14.3 Å². The quantitative estimate of drug-likeness (QED) is 0.0786. The lowest BCUT2D eigenvalue weighted by Crippen LogP contribution is -2.51. The summed E-state index contributed by atoms with van der Waals surface area (Å²) >= 11 is 7.42. The van der Waals surface area contributed by atoms with Crippen LogP contribution >= 0.6 is 11.6 Å². The van der Waals surface area contributed by atoms with Crippen molar-refractivity contribution in [1.82, 2.24) is 4.31 Å². The van der Waals surface area contributed by atoms with Crippen molar-refractivity contribution in [2.24, 2.45) is 5.92 Å². The van der Waals surface area contributed by atoms with Crippen LogP contribution in [0.3, 0.4) is 0 Å². The molecule has 0 radical (unpaired) electrons. The third-order valence-electron chi connectivity index (χ3n) is 9.70. The van der Waals surface area contributed by atoms with Crippen molar-refractivity contribution in [3.8, 4) is 0 Å². The minimum atomic E-state index is -5.57. The average molecular weight is 844 g/mol. The minimum absolute atomic E-state index is 0.0120. The maximum atomic E-state index is 14.5. The summed E-state index contributed by atoms with van der Waals surface area (Å²) in [6.45, 7) is 0.579. The maximum absolute atomic E-state index is 14.5. The number of sulfonamides is 1. The number of para-hydroxylation sites is 2. The molecule has 3 aromatic carbocycles. The number of esters is 2. The van der Waals surface area contributed by atoms with E-state index in [2.05, 4.69) is 5.32 Å². The summed E-state index contributed by atoms with van der Waals surface area (Å²) in [4.78, 5) is 34.6. The molecule has 3 atom stereocenters. The topological polar surface area (TPSA) is 189 Å². The molecule has 3 aromatic rings. The monoisotopic (exact) mass is 843 g/mol. The number of aryl methyl sites for hydroxylation is 1. The van der Waals surface area contributed by atoms with Gasteiger partial charge in [0, 0.05) is 23.9 Å². The van der Waals surface area contributed by atoms with Crippen LogP contribution in [0.15, 0.2) is 93.9 Å². The van der Waals surface area contributed by atoms with Crippen molar-refractivity contribution in [2.45, 2.75) is 66.0 Å². The van der Waals surface area contributed by atoms with Crippen LogP contribution in [0.4, 0.5) is 24.5 Å². The number of hydrogen-bond donors (Lipinski definition) is 1. The molecule has 0 spiro atoms. The van der Waals surface area contributed by atoms with Crippen molar-refractivity contribution in [2.75, 3.05) is 32.1 Å². The van der Waals surface area contributed by atoms with E-state index in [1.54, 1.807) is 31.2 Å². The van der Waals surface area contributed by atoms with Crippen molar-refractivity contribution in [3.05, 3.63) is 105 Å². The lowest BCUT2D eigenvalue weighted by molar-refractivity contribution is -0.387. The number of carbonyl (C=O) groups excluding carboxylic acids is 2. The number of rotatable bonds is 10. The molecule has 0 saturated heterocycles. The van der Waals surface area contributed by atoms with Gasteiger partial charge in [-0.15, -0.1) is 11.6 Å². The smallest absolute Gasteiger partial charge is 0.466 e. The van der Waals surface area contributed by atoms with Crippen LogP contribution in [0.25, 0.3) is 0 Å². The second-order valence-corrected chi connectivity index (χ2v) is 17.5. The zero-order valence-corrected chi connectivity index (χ0v) is 32.6. The first-order chi connectivity index (χ1) is 26.2. The largest absolute Gasteiger partial charge is 0.490 e. The Morgan fingerprint density at radius 3 is 2.30 bits per heavy atom. The third-order valence-corrected chi connectivity index (χ3v) is 13.5. The zero-order chi connectivity index (χ0) is 41.3. The molecule has 1 N–H and O–H groups in total. The summed E-state index contributed by atoms with van der Waals surface area (Å²) in [5, 5.41) is 15.1. The van der Waals surface area contributed by atoms with E-state index >= 15 is 0 Å². The van der Waals surface area contributed by atoms with Crippen molar-refractivity contribution < 1.29 is 58.2 Å². The Hall–Kier alpha value is -4.56. The van der Waals surface area contributed by atoms with E-state index in [1.165, 1.54) is 43.3 Å². The average Bonchev–Trinajstić information content (AvgIpc) is 3.44. The Labute approximate surface area is 325 Å². The summed E-state index contributed by atoms with van der Waals surface area (Å²) in [6.07, 6.45) is -7.64. The minimum Gasteiger partial charge on any atom is -0.466 e. The maximum Gasteiger partial charge on any atom is 0.490 e. The Kier molecular flexibility index (Phi) is 12.3. The Bertz CT molecular complexity index is 2270. The molecule has 14 nitrogen and oxygen atoms in total. The number of benzene rings is 3. The van der Waals surface area contributed by atoms with E-state index in [0.29, 0.717) is 15.6 Å². The summed E-state index contributed by atoms with van der Waals surface area (Å²) in [7, 11) is -8.50. The molecular weight excluding hydrogens is 807 g/mol. The Morgan fingerprint density at radius 1 is 1.04 bits per heavy atom. The molecule has 0 aromatic heterocycles. The molecule has 2 aliphatic heterocycles. The number of alkyl halides is 4. The van der Waals surface area contributed by atoms with E-state index in [-0.39, 0.29) is 22.6 Å². The number of methoxy groups -OCH3 is 1. The highest BCUT2D eigenvalue weighted by atomic mass is 35.5. The normalized spacial score (nSPS) is 23.5. The van der Waals surface area contributed by atoms with Gasteiger partial charge in [-0.2, -0.15) is 25.9 Å². The van der Waals surface area contributed by atoms with Gasteiger partial charge in [0.15, 0.2) is 4.90 Å². The second-order valence-electron chi connectivity index (χ2n) is 13.4. The van der Waals surface area contributed by atoms with Gasteiger partial charge in [0.1, 0.15) is 10.5 Å². The molecule has 2 aliphatic rings. The molecule has 0 bridgehead atoms. The number of carbonyl (C=O) groups is 2. The Balaban J connectivity index is 1.75. The van der Waals surface area contributed by atoms with Gasteiger partial charge in [0.25, 0.3) is 15.8 Å². The summed E-state index contributed by atoms with van der Waals surface area (Å²) in [6, 6.07) is 16.4. The van der Waals surface area contributed by atoms with Crippen LogP contribution in [0.5, 0.6) is 0 Å². The van der Waals surface area contributed by atoms with Gasteiger partial charge in [-0.1, -0.05) is 55.0 Å². The highest BCUT2D eigenvalue weighted by Gasteiger charge is 2.51. The lowest BCUT2D eigenvalue weighted by atomic mass is 9.83. The van der Waals surface area contributed by atoms with Gasteiger partial charge < -0.3 is 14.8 Å². The van der Waals surface area contributed by atoms with E-state index < -0.39 is 109 Å². The molecule has 20 heteroatoms. The lowest BCUT2D eigenvalue weighted by Gasteiger charge is -2.39. The predicted octanol–water partition coefficient (Wildman–Crippen LogP) is 6.34. The molecule has 0 fully saturated rings. The fourth-order valence-electron chi connectivity index (χ4n) is 6.83. The van der Waals surface area contributed by atoms with Crippen molar-refractivity contribution >= 4 is 55.1 Å². The highest BCUT2D eigenvalue weighted by molar-refractivity contribution is 7.89. The van der Waals surface area contributed by atoms with Crippen LogP contribution in [0.1, 0.15) is 43.7 Å². The molecule has 0 saturated carbocycles. The van der Waals surface area contributed by atoms with Crippen LogP contribution in [0.2, 0.25) is 0 Å². The van der Waals surface area contributed by atoms with Gasteiger partial charge in [-0.05, 0) is 62.8 Å². The first-order valence-electron chi connectivity index (χ1n) is 17.0. The van der Waals surface area contributed by atoms with E-state index in [9.17, 15) is 49.7 Å². The number of halogens is 4. The number of ether oxygens (including phenoxy) is 2. The first kappa shape index (κ1) is 42.6. The van der Waals surface area contributed by atoms with Crippen LogP contribution in [-0.4, -0.2) is 76.6 Å². The SMILES string of the molecule is CC[C@]1(OC(=O)C(F)(F)F)C[C@H](COS(=O)(=O)c2ccc(C)cc2)C/C(C(=O)OC)=C2/Nc3ccccc3C2(Cl)CCN(S(=O)(=O)c2ccccc2[N+](=O)[O-])C1. The van der Waals surface area contributed by atoms with Crippen LogP contribution in [0, 0.1) is 23.0 Å². The molecular formula is C36H37ClF3N3O11S2. The number of nitro groups is 1. The first-order valence-corrected chi connectivity index (χ1v) is 20.3. The van der Waals surface area contributed by atoms with Crippen molar-refractivity contribution in [1.29, 1.82) is 0 Å². The number of hydrogen-bond acceptors (Lipinski definition) is 12. The highest BCUT2D eigenvalue weighted by Crippen LogP contribution is 2.52. The molecule has 0 amide bonds. The molecule has 1 unspecified atom stereocenters. The Morgan fingerprint density at radius 2 is 1.68 bits per heavy atom. The van der Waals surface area contributed by atoms with Gasteiger partial charge in [0.05, 0.1) is 41.4 Å². The fraction of sp³-hybridized carbons (Fsp3) is 0.389. The van der Waals surface area contributed by atoms with E-state index in [0.717, 1.165) is 24.8 Å². The predicted molar refractivity (Wildman–Crippen MR) is 195 cm³/mol. The standard InChI is InChI=1S/C36H37ClF3N3O11S2/c1-4-34(54-33(45)36(38,39)40)20-24(21-53-56(50,51)25-15-13-23(2)14-16-25)19-26(32(44)52-3)31-35(37,27-9-5-6-10-28(27)41-31)17-18-42(22-34)55(48,49)30-12-8-7-11-29(30)43(46)47/h5-16,24,41H,4,17-22H2,1-3H3/b31-26-/t24-,34+,35?/m1/s1. The summed E-state index contributed by atoms with van der Waals surface area (Å²) in [5.74, 6) is -4.97. The second kappa shape index (κ2) is 16.1. The van der Waals surface area contributed by atoms with E-state index in [1.807, 2.05) is 0 Å². The van der Waals surface area contributed by atoms with Gasteiger partial charge in [-0.25, -0.2) is 18.0 Å². The van der Waals surface area contributed by atoms with Gasteiger partial charge in [0.2, 0.25) is 10.0 Å². The number of fused-ring (bicyclic) bond motifs is 3. The van der Waals surface area contributed by atoms with Crippen molar-refractivity contribution in [3.63, 3.8) is 0 Å². The summed E-state index contributed by atoms with van der Waals surface area (Å²) < 4.78 is 114. The van der Waals surface area contributed by atoms with E-state index in [4.69, 9.17) is 25.3 Å². The number of allylic oxidation sites excluding steroid dienone is 1. The molecule has 302 valence electrons. The molecule has 56 heavy (non-hydrogen) atoms.